The quantitative estimate of drug-likeness (QED) is 0.634. The van der Waals surface area contributed by atoms with Gasteiger partial charge in [0.1, 0.15) is 0 Å². The van der Waals surface area contributed by atoms with Gasteiger partial charge in [0.05, 0.1) is 18.1 Å². The summed E-state index contributed by atoms with van der Waals surface area (Å²) in [6, 6.07) is 5.27. The Labute approximate surface area is 105 Å². The molecule has 0 spiro atoms. The van der Waals surface area contributed by atoms with Crippen LogP contribution in [0.25, 0.3) is 0 Å². The molecule has 1 saturated heterocycles. The van der Waals surface area contributed by atoms with Crippen LogP contribution in [0.1, 0.15) is 11.1 Å². The smallest absolute Gasteiger partial charge is 0.274 e. The Morgan fingerprint density at radius 2 is 2.11 bits per heavy atom. The lowest BCUT2D eigenvalue weighted by Crippen LogP contribution is -2.35. The second-order valence-corrected chi connectivity index (χ2v) is 4.31. The van der Waals surface area contributed by atoms with Crippen molar-refractivity contribution in [1.29, 1.82) is 0 Å². The zero-order valence-corrected chi connectivity index (χ0v) is 10.2. The maximum atomic E-state index is 10.9. The zero-order valence-electron chi connectivity index (χ0n) is 10.2. The molecular weight excluding hydrogens is 234 g/mol. The number of benzene rings is 1. The van der Waals surface area contributed by atoms with Crippen LogP contribution in [-0.2, 0) is 17.8 Å². The molecule has 1 aromatic carbocycles. The fourth-order valence-corrected chi connectivity index (χ4v) is 2.07. The number of nitro groups is 1. The number of morpholine rings is 1. The summed E-state index contributed by atoms with van der Waals surface area (Å²) in [6.45, 7) is 4.09. The van der Waals surface area contributed by atoms with E-state index in [4.69, 9.17) is 10.5 Å². The number of nitrogens with two attached hydrogens (primary N) is 1. The minimum atomic E-state index is -0.370. The van der Waals surface area contributed by atoms with Crippen molar-refractivity contribution in [1.82, 2.24) is 4.90 Å². The summed E-state index contributed by atoms with van der Waals surface area (Å²) < 4.78 is 5.27. The SMILES string of the molecule is NCc1ccc(CN2CCOCC2)cc1[N+](=O)[O-]. The molecule has 2 N–H and O–H groups in total. The van der Waals surface area contributed by atoms with E-state index in [0.29, 0.717) is 5.56 Å². The molecule has 1 aromatic rings. The van der Waals surface area contributed by atoms with Gasteiger partial charge in [0, 0.05) is 37.8 Å². The summed E-state index contributed by atoms with van der Waals surface area (Å²) in [5.41, 5.74) is 7.13. The molecule has 0 radical (unpaired) electrons. The summed E-state index contributed by atoms with van der Waals surface area (Å²) in [5, 5.41) is 10.9. The standard InChI is InChI=1S/C12H17N3O3/c13-8-11-2-1-10(7-12(11)15(16)17)9-14-3-5-18-6-4-14/h1-2,7H,3-6,8-9,13H2. The Kier molecular flexibility index (Phi) is 4.24. The van der Waals surface area contributed by atoms with Crippen LogP contribution in [0.3, 0.4) is 0 Å². The van der Waals surface area contributed by atoms with Crippen LogP contribution in [-0.4, -0.2) is 36.1 Å². The van der Waals surface area contributed by atoms with Crippen molar-refractivity contribution < 1.29 is 9.66 Å². The third-order valence-electron chi connectivity index (χ3n) is 3.08. The Hall–Kier alpha value is -1.50. The fourth-order valence-electron chi connectivity index (χ4n) is 2.07. The highest BCUT2D eigenvalue weighted by Gasteiger charge is 2.16. The molecule has 18 heavy (non-hydrogen) atoms. The number of nitrogens with zero attached hydrogens (tertiary/aromatic N) is 2. The van der Waals surface area contributed by atoms with Crippen LogP contribution >= 0.6 is 0 Å². The first-order valence-corrected chi connectivity index (χ1v) is 5.97. The summed E-state index contributed by atoms with van der Waals surface area (Å²) in [4.78, 5) is 12.8. The van der Waals surface area contributed by atoms with Crippen molar-refractivity contribution in [3.05, 3.63) is 39.4 Å². The van der Waals surface area contributed by atoms with Crippen LogP contribution in [0.15, 0.2) is 18.2 Å². The number of ether oxygens (including phenoxy) is 1. The van der Waals surface area contributed by atoms with Gasteiger partial charge in [-0.1, -0.05) is 12.1 Å². The molecule has 98 valence electrons. The first-order valence-electron chi connectivity index (χ1n) is 5.97. The highest BCUT2D eigenvalue weighted by molar-refractivity contribution is 5.43. The second-order valence-electron chi connectivity index (χ2n) is 4.31. The zero-order chi connectivity index (χ0) is 13.0. The van der Waals surface area contributed by atoms with Gasteiger partial charge in [-0.3, -0.25) is 15.0 Å². The Morgan fingerprint density at radius 3 is 2.72 bits per heavy atom. The molecule has 6 heteroatoms. The van der Waals surface area contributed by atoms with Crippen LogP contribution in [0.2, 0.25) is 0 Å². The summed E-state index contributed by atoms with van der Waals surface area (Å²) in [7, 11) is 0. The molecule has 1 aliphatic rings. The molecule has 0 aliphatic carbocycles. The van der Waals surface area contributed by atoms with Gasteiger partial charge >= 0.3 is 0 Å². The van der Waals surface area contributed by atoms with Gasteiger partial charge in [-0.15, -0.1) is 0 Å². The normalized spacial score (nSPS) is 16.7. The van der Waals surface area contributed by atoms with E-state index in [1.807, 2.05) is 6.07 Å². The minimum Gasteiger partial charge on any atom is -0.379 e. The molecular formula is C12H17N3O3. The third-order valence-corrected chi connectivity index (χ3v) is 3.08. The molecule has 0 aromatic heterocycles. The molecule has 1 fully saturated rings. The van der Waals surface area contributed by atoms with Gasteiger partial charge in [0.15, 0.2) is 0 Å². The first-order chi connectivity index (χ1) is 8.70. The van der Waals surface area contributed by atoms with Gasteiger partial charge in [0.2, 0.25) is 0 Å². The number of hydrogen-bond donors (Lipinski definition) is 1. The topological polar surface area (TPSA) is 81.6 Å². The molecule has 0 bridgehead atoms. The lowest BCUT2D eigenvalue weighted by Gasteiger charge is -2.26. The average Bonchev–Trinajstić information content (AvgIpc) is 2.40. The van der Waals surface area contributed by atoms with E-state index in [0.717, 1.165) is 38.4 Å². The first kappa shape index (κ1) is 12.9. The van der Waals surface area contributed by atoms with Crippen molar-refractivity contribution in [3.63, 3.8) is 0 Å². The van der Waals surface area contributed by atoms with Gasteiger partial charge in [-0.2, -0.15) is 0 Å². The molecule has 0 atom stereocenters. The maximum Gasteiger partial charge on any atom is 0.274 e. The third kappa shape index (κ3) is 3.04. The van der Waals surface area contributed by atoms with Crippen LogP contribution < -0.4 is 5.73 Å². The van der Waals surface area contributed by atoms with Gasteiger partial charge in [-0.05, 0) is 5.56 Å². The number of rotatable bonds is 4. The predicted octanol–water partition coefficient (Wildman–Crippen LogP) is 0.886. The van der Waals surface area contributed by atoms with Crippen molar-refractivity contribution in [2.75, 3.05) is 26.3 Å². The van der Waals surface area contributed by atoms with Crippen molar-refractivity contribution in [3.8, 4) is 0 Å². The largest absolute Gasteiger partial charge is 0.379 e. The molecule has 0 amide bonds. The second kappa shape index (κ2) is 5.90. The molecule has 1 aliphatic heterocycles. The van der Waals surface area contributed by atoms with Crippen molar-refractivity contribution in [2.24, 2.45) is 5.73 Å². The molecule has 0 unspecified atom stereocenters. The fraction of sp³-hybridized carbons (Fsp3) is 0.500. The van der Waals surface area contributed by atoms with E-state index in [1.165, 1.54) is 0 Å². The highest BCUT2D eigenvalue weighted by atomic mass is 16.6. The number of hydrogen-bond acceptors (Lipinski definition) is 5. The van der Waals surface area contributed by atoms with E-state index >= 15 is 0 Å². The van der Waals surface area contributed by atoms with E-state index in [-0.39, 0.29) is 17.2 Å². The van der Waals surface area contributed by atoms with Crippen molar-refractivity contribution in [2.45, 2.75) is 13.1 Å². The van der Waals surface area contributed by atoms with E-state index in [9.17, 15) is 10.1 Å². The molecule has 6 nitrogen and oxygen atoms in total. The lowest BCUT2D eigenvalue weighted by molar-refractivity contribution is -0.385. The van der Waals surface area contributed by atoms with Crippen LogP contribution in [0.5, 0.6) is 0 Å². The minimum absolute atomic E-state index is 0.114. The average molecular weight is 251 g/mol. The molecule has 2 rings (SSSR count). The summed E-state index contributed by atoms with van der Waals surface area (Å²) >= 11 is 0. The Balaban J connectivity index is 2.13. The number of nitro benzene ring substituents is 1. The Morgan fingerprint density at radius 1 is 1.39 bits per heavy atom. The molecule has 1 heterocycles. The van der Waals surface area contributed by atoms with Crippen LogP contribution in [0, 0.1) is 10.1 Å². The lowest BCUT2D eigenvalue weighted by atomic mass is 10.1. The van der Waals surface area contributed by atoms with Gasteiger partial charge in [0.25, 0.3) is 5.69 Å². The van der Waals surface area contributed by atoms with Crippen LogP contribution in [0.4, 0.5) is 5.69 Å². The predicted molar refractivity (Wildman–Crippen MR) is 67.1 cm³/mol. The summed E-state index contributed by atoms with van der Waals surface area (Å²) in [5.74, 6) is 0. The van der Waals surface area contributed by atoms with Gasteiger partial charge < -0.3 is 10.5 Å². The highest BCUT2D eigenvalue weighted by Crippen LogP contribution is 2.21. The van der Waals surface area contributed by atoms with E-state index in [2.05, 4.69) is 4.90 Å². The summed E-state index contributed by atoms with van der Waals surface area (Å²) in [6.07, 6.45) is 0. The van der Waals surface area contributed by atoms with Gasteiger partial charge in [-0.25, -0.2) is 0 Å². The maximum absolute atomic E-state index is 10.9. The Bertz CT molecular complexity index is 431. The molecule has 0 saturated carbocycles. The van der Waals surface area contributed by atoms with E-state index in [1.54, 1.807) is 12.1 Å². The monoisotopic (exact) mass is 251 g/mol. The van der Waals surface area contributed by atoms with E-state index < -0.39 is 0 Å². The van der Waals surface area contributed by atoms with Crippen molar-refractivity contribution >= 4 is 5.69 Å².